The SMILES string of the molecule is CC=C1CCC1C(CC)C(C)=C=O. The van der Waals surface area contributed by atoms with Gasteiger partial charge >= 0.3 is 0 Å². The quantitative estimate of drug-likeness (QED) is 0.479. The number of allylic oxidation sites excluding steroid dienone is 3. The second-order valence-electron chi connectivity index (χ2n) is 3.81. The van der Waals surface area contributed by atoms with Gasteiger partial charge in [0.2, 0.25) is 0 Å². The topological polar surface area (TPSA) is 17.1 Å². The highest BCUT2D eigenvalue weighted by Crippen LogP contribution is 2.42. The molecule has 1 aliphatic carbocycles. The van der Waals surface area contributed by atoms with Gasteiger partial charge in [0.15, 0.2) is 0 Å². The van der Waals surface area contributed by atoms with Gasteiger partial charge in [-0.2, -0.15) is 0 Å². The van der Waals surface area contributed by atoms with Crippen LogP contribution in [0.1, 0.15) is 40.0 Å². The molecule has 0 aliphatic heterocycles. The second-order valence-corrected chi connectivity index (χ2v) is 3.81. The minimum Gasteiger partial charge on any atom is -0.234 e. The standard InChI is InChI=1S/C12H18O/c1-4-10-6-7-12(10)11(5-2)9(3)8-13/h4,11-12H,5-7H2,1-3H3. The molecule has 1 saturated carbocycles. The summed E-state index contributed by atoms with van der Waals surface area (Å²) < 4.78 is 0. The van der Waals surface area contributed by atoms with Crippen LogP contribution in [0.3, 0.4) is 0 Å². The summed E-state index contributed by atoms with van der Waals surface area (Å²) in [5.74, 6) is 3.13. The van der Waals surface area contributed by atoms with Gasteiger partial charge in [0.05, 0.1) is 0 Å². The van der Waals surface area contributed by atoms with Gasteiger partial charge in [-0.15, -0.1) is 0 Å². The van der Waals surface area contributed by atoms with Crippen LogP contribution in [0.2, 0.25) is 0 Å². The lowest BCUT2D eigenvalue weighted by Gasteiger charge is -2.36. The van der Waals surface area contributed by atoms with Gasteiger partial charge in [0.1, 0.15) is 5.94 Å². The van der Waals surface area contributed by atoms with Crippen molar-refractivity contribution in [2.45, 2.75) is 40.0 Å². The summed E-state index contributed by atoms with van der Waals surface area (Å²) >= 11 is 0. The van der Waals surface area contributed by atoms with Crippen molar-refractivity contribution in [3.8, 4) is 0 Å². The van der Waals surface area contributed by atoms with E-state index in [1.54, 1.807) is 0 Å². The third kappa shape index (κ3) is 1.92. The molecule has 1 fully saturated rings. The second kappa shape index (κ2) is 4.43. The van der Waals surface area contributed by atoms with Crippen molar-refractivity contribution >= 4 is 5.94 Å². The van der Waals surface area contributed by atoms with Crippen LogP contribution in [-0.4, -0.2) is 5.94 Å². The van der Waals surface area contributed by atoms with Gasteiger partial charge < -0.3 is 0 Å². The Hall–Kier alpha value is -0.810. The van der Waals surface area contributed by atoms with Crippen molar-refractivity contribution in [3.63, 3.8) is 0 Å². The molecule has 2 atom stereocenters. The first-order valence-electron chi connectivity index (χ1n) is 5.11. The molecule has 0 bridgehead atoms. The molecule has 0 aromatic carbocycles. The number of hydrogen-bond acceptors (Lipinski definition) is 1. The highest BCUT2D eigenvalue weighted by atomic mass is 16.1. The molecule has 0 heterocycles. The first-order chi connectivity index (χ1) is 6.24. The molecular formula is C12H18O. The maximum atomic E-state index is 10.6. The minimum absolute atomic E-state index is 0.442. The Morgan fingerprint density at radius 1 is 1.77 bits per heavy atom. The third-order valence-electron chi connectivity index (χ3n) is 3.23. The third-order valence-corrected chi connectivity index (χ3v) is 3.23. The van der Waals surface area contributed by atoms with Gasteiger partial charge in [-0.3, -0.25) is 0 Å². The van der Waals surface area contributed by atoms with Crippen molar-refractivity contribution in [1.82, 2.24) is 0 Å². The molecule has 1 rings (SSSR count). The Kier molecular flexibility index (Phi) is 3.50. The minimum atomic E-state index is 0.442. The number of rotatable bonds is 3. The summed E-state index contributed by atoms with van der Waals surface area (Å²) in [5, 5.41) is 0. The summed E-state index contributed by atoms with van der Waals surface area (Å²) in [6, 6.07) is 0. The van der Waals surface area contributed by atoms with Crippen LogP contribution in [0.4, 0.5) is 0 Å². The molecule has 0 amide bonds. The molecule has 1 nitrogen and oxygen atoms in total. The van der Waals surface area contributed by atoms with Gasteiger partial charge in [-0.25, -0.2) is 4.79 Å². The van der Waals surface area contributed by atoms with Crippen molar-refractivity contribution in [1.29, 1.82) is 0 Å². The van der Waals surface area contributed by atoms with E-state index in [2.05, 4.69) is 19.9 Å². The summed E-state index contributed by atoms with van der Waals surface area (Å²) in [7, 11) is 0. The molecule has 72 valence electrons. The lowest BCUT2D eigenvalue weighted by atomic mass is 9.68. The van der Waals surface area contributed by atoms with Crippen molar-refractivity contribution in [2.75, 3.05) is 0 Å². The Balaban J connectivity index is 2.73. The first kappa shape index (κ1) is 10.3. The molecule has 0 saturated heterocycles. The van der Waals surface area contributed by atoms with Gasteiger partial charge in [0.25, 0.3) is 0 Å². The van der Waals surface area contributed by atoms with E-state index >= 15 is 0 Å². The van der Waals surface area contributed by atoms with E-state index in [1.165, 1.54) is 18.4 Å². The van der Waals surface area contributed by atoms with Crippen molar-refractivity contribution < 1.29 is 4.79 Å². The number of hydrogen-bond donors (Lipinski definition) is 0. The lowest BCUT2D eigenvalue weighted by molar-refractivity contribution is 0.322. The zero-order valence-corrected chi connectivity index (χ0v) is 8.76. The Morgan fingerprint density at radius 3 is 2.77 bits per heavy atom. The molecular weight excluding hydrogens is 160 g/mol. The fourth-order valence-electron chi connectivity index (χ4n) is 2.26. The van der Waals surface area contributed by atoms with Crippen LogP contribution in [0.5, 0.6) is 0 Å². The largest absolute Gasteiger partial charge is 0.234 e. The van der Waals surface area contributed by atoms with E-state index in [9.17, 15) is 4.79 Å². The molecule has 0 N–H and O–H groups in total. The highest BCUT2D eigenvalue weighted by Gasteiger charge is 2.31. The van der Waals surface area contributed by atoms with E-state index in [0.29, 0.717) is 11.8 Å². The zero-order chi connectivity index (χ0) is 9.84. The van der Waals surface area contributed by atoms with Crippen LogP contribution in [-0.2, 0) is 4.79 Å². The number of carbonyl (C=O) groups excluding carboxylic acids is 1. The molecule has 0 aromatic heterocycles. The predicted molar refractivity (Wildman–Crippen MR) is 55.1 cm³/mol. The van der Waals surface area contributed by atoms with Gasteiger partial charge in [-0.1, -0.05) is 18.6 Å². The molecule has 13 heavy (non-hydrogen) atoms. The lowest BCUT2D eigenvalue weighted by Crippen LogP contribution is -2.25. The summed E-state index contributed by atoms with van der Waals surface area (Å²) in [6.45, 7) is 6.15. The molecule has 0 aromatic rings. The smallest absolute Gasteiger partial charge is 0.123 e. The molecule has 1 aliphatic rings. The van der Waals surface area contributed by atoms with Gasteiger partial charge in [-0.05, 0) is 44.9 Å². The fourth-order valence-corrected chi connectivity index (χ4v) is 2.26. The van der Waals surface area contributed by atoms with E-state index in [0.717, 1.165) is 12.0 Å². The van der Waals surface area contributed by atoms with Crippen LogP contribution in [0.25, 0.3) is 0 Å². The zero-order valence-electron chi connectivity index (χ0n) is 8.76. The fraction of sp³-hybridized carbons (Fsp3) is 0.667. The average Bonchev–Trinajstić information content (AvgIpc) is 2.11. The predicted octanol–water partition coefficient (Wildman–Crippen LogP) is 3.15. The van der Waals surface area contributed by atoms with E-state index in [-0.39, 0.29) is 0 Å². The van der Waals surface area contributed by atoms with Crippen LogP contribution >= 0.6 is 0 Å². The van der Waals surface area contributed by atoms with Crippen LogP contribution in [0.15, 0.2) is 17.2 Å². The highest BCUT2D eigenvalue weighted by molar-refractivity contribution is 5.53. The molecule has 0 spiro atoms. The van der Waals surface area contributed by atoms with Crippen LogP contribution in [0, 0.1) is 11.8 Å². The molecule has 0 radical (unpaired) electrons. The Labute approximate surface area is 80.5 Å². The van der Waals surface area contributed by atoms with Crippen molar-refractivity contribution in [3.05, 3.63) is 17.2 Å². The molecule has 2 unspecified atom stereocenters. The normalized spacial score (nSPS) is 26.4. The Bertz CT molecular complexity index is 256. The summed E-state index contributed by atoms with van der Waals surface area (Å²) in [6.07, 6.45) is 5.74. The average molecular weight is 178 g/mol. The summed E-state index contributed by atoms with van der Waals surface area (Å²) in [4.78, 5) is 10.6. The van der Waals surface area contributed by atoms with E-state index < -0.39 is 0 Å². The van der Waals surface area contributed by atoms with Gasteiger partial charge in [0, 0.05) is 5.57 Å². The maximum Gasteiger partial charge on any atom is 0.123 e. The Morgan fingerprint density at radius 2 is 2.46 bits per heavy atom. The van der Waals surface area contributed by atoms with E-state index in [1.807, 2.05) is 12.9 Å². The van der Waals surface area contributed by atoms with Crippen molar-refractivity contribution in [2.24, 2.45) is 11.8 Å². The van der Waals surface area contributed by atoms with Crippen LogP contribution < -0.4 is 0 Å². The molecule has 1 heteroatoms. The summed E-state index contributed by atoms with van der Waals surface area (Å²) in [5.41, 5.74) is 2.42. The maximum absolute atomic E-state index is 10.6. The van der Waals surface area contributed by atoms with E-state index in [4.69, 9.17) is 0 Å². The monoisotopic (exact) mass is 178 g/mol. The first-order valence-corrected chi connectivity index (χ1v) is 5.11.